The highest BCUT2D eigenvalue weighted by Gasteiger charge is 2.35. The van der Waals surface area contributed by atoms with Crippen molar-refractivity contribution in [1.82, 2.24) is 0 Å². The average Bonchev–Trinajstić information content (AvgIpc) is 2.68. The highest BCUT2D eigenvalue weighted by molar-refractivity contribution is 5.83. The number of rotatable bonds is 16. The summed E-state index contributed by atoms with van der Waals surface area (Å²) in [5.41, 5.74) is 0. The van der Waals surface area contributed by atoms with E-state index in [1.165, 1.54) is 19.3 Å². The second-order valence-electron chi connectivity index (χ2n) is 6.83. The fourth-order valence-corrected chi connectivity index (χ4v) is 2.83. The van der Waals surface area contributed by atoms with Gasteiger partial charge in [-0.2, -0.15) is 0 Å². The van der Waals surface area contributed by atoms with Crippen molar-refractivity contribution >= 4 is 11.9 Å². The van der Waals surface area contributed by atoms with E-state index in [9.17, 15) is 19.8 Å². The largest absolute Gasteiger partial charge is 0.491 e. The monoisotopic (exact) mass is 396 g/mol. The number of hydrogen-bond acceptors (Lipinski definition) is 5. The number of para-hydroxylation sites is 1. The molecule has 0 heterocycles. The zero-order chi connectivity index (χ0) is 20.8. The fraction of sp³-hybridized carbons (Fsp3) is 0.619. The first-order valence-electron chi connectivity index (χ1n) is 9.92. The minimum Gasteiger partial charge on any atom is -0.491 e. The Morgan fingerprint density at radius 1 is 0.929 bits per heavy atom. The van der Waals surface area contributed by atoms with Gasteiger partial charge in [0.2, 0.25) is 0 Å². The number of ether oxygens (including phenoxy) is 2. The molecule has 0 radical (unpaired) electrons. The maximum Gasteiger partial charge on any atom is 0.336 e. The van der Waals surface area contributed by atoms with Gasteiger partial charge in [-0.1, -0.05) is 70.1 Å². The molecule has 0 aromatic heterocycles. The molecule has 0 amide bonds. The third kappa shape index (κ3) is 9.71. The lowest BCUT2D eigenvalue weighted by atomic mass is 10.1. The zero-order valence-electron chi connectivity index (χ0n) is 16.5. The minimum absolute atomic E-state index is 0.0793. The van der Waals surface area contributed by atoms with Gasteiger partial charge in [-0.05, 0) is 18.6 Å². The Hall–Kier alpha value is -2.12. The summed E-state index contributed by atoms with van der Waals surface area (Å²) in [5, 5.41) is 27.8. The Morgan fingerprint density at radius 3 is 2.11 bits per heavy atom. The Kier molecular flexibility index (Phi) is 11.9. The molecule has 3 atom stereocenters. The number of carbonyl (C=O) groups is 2. The van der Waals surface area contributed by atoms with Crippen LogP contribution in [-0.2, 0) is 14.3 Å². The molecule has 0 bridgehead atoms. The summed E-state index contributed by atoms with van der Waals surface area (Å²) in [6.45, 7) is 2.25. The second-order valence-corrected chi connectivity index (χ2v) is 6.83. The molecule has 3 N–H and O–H groups in total. The molecule has 158 valence electrons. The molecule has 0 aliphatic carbocycles. The first kappa shape index (κ1) is 23.9. The van der Waals surface area contributed by atoms with Crippen LogP contribution in [0, 0.1) is 0 Å². The standard InChI is InChI=1S/C21H32O7/c1-2-3-4-5-6-7-9-14-17(15-27-16-12-10-8-11-13-16)28-19(21(25)26)18(22)20(23)24/h8,10-13,17-19,22H,2-7,9,14-15H2,1H3,(H,23,24)(H,25,26). The van der Waals surface area contributed by atoms with Gasteiger partial charge in [-0.25, -0.2) is 9.59 Å². The van der Waals surface area contributed by atoms with E-state index in [2.05, 4.69) is 6.92 Å². The topological polar surface area (TPSA) is 113 Å². The van der Waals surface area contributed by atoms with Gasteiger partial charge in [0.1, 0.15) is 12.4 Å². The lowest BCUT2D eigenvalue weighted by Crippen LogP contribution is -2.44. The number of aliphatic hydroxyl groups excluding tert-OH is 1. The number of hydrogen-bond donors (Lipinski definition) is 3. The Balaban J connectivity index is 2.59. The molecule has 0 spiro atoms. The van der Waals surface area contributed by atoms with Crippen LogP contribution in [0.2, 0.25) is 0 Å². The van der Waals surface area contributed by atoms with E-state index in [-0.39, 0.29) is 6.61 Å². The average molecular weight is 396 g/mol. The number of carboxylic acids is 2. The van der Waals surface area contributed by atoms with Crippen LogP contribution in [0.4, 0.5) is 0 Å². The van der Waals surface area contributed by atoms with Gasteiger partial charge in [0.15, 0.2) is 12.2 Å². The molecular formula is C21H32O7. The fourth-order valence-electron chi connectivity index (χ4n) is 2.83. The van der Waals surface area contributed by atoms with Crippen molar-refractivity contribution in [3.05, 3.63) is 30.3 Å². The number of benzene rings is 1. The summed E-state index contributed by atoms with van der Waals surface area (Å²) in [4.78, 5) is 22.3. The lowest BCUT2D eigenvalue weighted by Gasteiger charge is -2.24. The van der Waals surface area contributed by atoms with E-state index < -0.39 is 30.3 Å². The number of unbranched alkanes of at least 4 members (excludes halogenated alkanes) is 6. The number of carboxylic acid groups (broad SMARTS) is 2. The summed E-state index contributed by atoms with van der Waals surface area (Å²) in [6.07, 6.45) is 3.58. The van der Waals surface area contributed by atoms with E-state index in [1.54, 1.807) is 12.1 Å². The minimum atomic E-state index is -2.13. The molecule has 7 heteroatoms. The Morgan fingerprint density at radius 2 is 1.54 bits per heavy atom. The van der Waals surface area contributed by atoms with E-state index in [0.29, 0.717) is 12.2 Å². The number of aliphatic carboxylic acids is 2. The molecule has 0 fully saturated rings. The molecule has 1 aromatic rings. The number of aliphatic hydroxyl groups is 1. The van der Waals surface area contributed by atoms with Crippen LogP contribution in [0.1, 0.15) is 58.3 Å². The molecule has 0 aliphatic heterocycles. The Labute approximate surface area is 166 Å². The van der Waals surface area contributed by atoms with Gasteiger partial charge in [0, 0.05) is 0 Å². The maximum atomic E-state index is 11.3. The van der Waals surface area contributed by atoms with Crippen LogP contribution in [0.25, 0.3) is 0 Å². The maximum absolute atomic E-state index is 11.3. The lowest BCUT2D eigenvalue weighted by molar-refractivity contribution is -0.177. The van der Waals surface area contributed by atoms with Crippen molar-refractivity contribution in [2.75, 3.05) is 6.61 Å². The highest BCUT2D eigenvalue weighted by Crippen LogP contribution is 2.16. The Bertz CT molecular complexity index is 561. The van der Waals surface area contributed by atoms with Gasteiger partial charge in [0.25, 0.3) is 0 Å². The van der Waals surface area contributed by atoms with Crippen LogP contribution in [0.15, 0.2) is 30.3 Å². The third-order valence-electron chi connectivity index (χ3n) is 4.43. The molecule has 1 aromatic carbocycles. The van der Waals surface area contributed by atoms with Crippen molar-refractivity contribution < 1.29 is 34.4 Å². The predicted octanol–water partition coefficient (Wildman–Crippen LogP) is 3.49. The first-order chi connectivity index (χ1) is 13.5. The molecule has 7 nitrogen and oxygen atoms in total. The molecule has 3 unspecified atom stereocenters. The summed E-state index contributed by atoms with van der Waals surface area (Å²) >= 11 is 0. The van der Waals surface area contributed by atoms with E-state index in [1.807, 2.05) is 18.2 Å². The third-order valence-corrected chi connectivity index (χ3v) is 4.43. The highest BCUT2D eigenvalue weighted by atomic mass is 16.6. The normalized spacial score (nSPS) is 14.2. The van der Waals surface area contributed by atoms with Crippen LogP contribution < -0.4 is 4.74 Å². The molecule has 0 aliphatic rings. The second kappa shape index (κ2) is 14.0. The van der Waals surface area contributed by atoms with Gasteiger partial charge < -0.3 is 24.8 Å². The molecule has 28 heavy (non-hydrogen) atoms. The van der Waals surface area contributed by atoms with Crippen molar-refractivity contribution in [2.24, 2.45) is 0 Å². The quantitative estimate of drug-likeness (QED) is 0.367. The smallest absolute Gasteiger partial charge is 0.336 e. The summed E-state index contributed by atoms with van der Waals surface area (Å²) < 4.78 is 11.1. The van der Waals surface area contributed by atoms with Crippen LogP contribution in [0.3, 0.4) is 0 Å². The molecule has 0 saturated carbocycles. The van der Waals surface area contributed by atoms with Crippen LogP contribution in [0.5, 0.6) is 5.75 Å². The van der Waals surface area contributed by atoms with E-state index in [0.717, 1.165) is 25.7 Å². The van der Waals surface area contributed by atoms with Crippen molar-refractivity contribution in [3.63, 3.8) is 0 Å². The molecule has 0 saturated heterocycles. The summed E-state index contributed by atoms with van der Waals surface area (Å²) in [6, 6.07) is 9.02. The summed E-state index contributed by atoms with van der Waals surface area (Å²) in [7, 11) is 0. The first-order valence-corrected chi connectivity index (χ1v) is 9.92. The van der Waals surface area contributed by atoms with Gasteiger partial charge in [-0.3, -0.25) is 0 Å². The van der Waals surface area contributed by atoms with Crippen LogP contribution >= 0.6 is 0 Å². The van der Waals surface area contributed by atoms with E-state index in [4.69, 9.17) is 14.6 Å². The van der Waals surface area contributed by atoms with Crippen LogP contribution in [-0.4, -0.2) is 52.2 Å². The van der Waals surface area contributed by atoms with Crippen molar-refractivity contribution in [1.29, 1.82) is 0 Å². The van der Waals surface area contributed by atoms with E-state index >= 15 is 0 Å². The van der Waals surface area contributed by atoms with Gasteiger partial charge >= 0.3 is 11.9 Å². The van der Waals surface area contributed by atoms with Gasteiger partial charge in [-0.15, -0.1) is 0 Å². The predicted molar refractivity (Wildman–Crippen MR) is 104 cm³/mol. The van der Waals surface area contributed by atoms with Crippen molar-refractivity contribution in [3.8, 4) is 5.75 Å². The molecular weight excluding hydrogens is 364 g/mol. The zero-order valence-corrected chi connectivity index (χ0v) is 16.5. The van der Waals surface area contributed by atoms with Crippen molar-refractivity contribution in [2.45, 2.75) is 76.6 Å². The van der Waals surface area contributed by atoms with Gasteiger partial charge in [0.05, 0.1) is 6.10 Å². The summed E-state index contributed by atoms with van der Waals surface area (Å²) in [5.74, 6) is -2.54. The molecule has 1 rings (SSSR count). The SMILES string of the molecule is CCCCCCCCCC(COc1ccccc1)OC(C(=O)O)C(O)C(=O)O.